The van der Waals surface area contributed by atoms with Gasteiger partial charge in [-0.15, -0.1) is 0 Å². The van der Waals surface area contributed by atoms with Gasteiger partial charge in [-0.25, -0.2) is 9.78 Å². The minimum Gasteiger partial charge on any atom is -0.350 e. The Balaban J connectivity index is 2.84. The molecule has 0 unspecified atom stereocenters. The fourth-order valence-electron chi connectivity index (χ4n) is 0.910. The number of hydrazine groups is 1. The number of aromatic nitrogens is 1. The second kappa shape index (κ2) is 4.22. The molecular weight excluding hydrogens is 184 g/mol. The summed E-state index contributed by atoms with van der Waals surface area (Å²) < 4.78 is 0. The molecule has 0 atom stereocenters. The van der Waals surface area contributed by atoms with Gasteiger partial charge >= 0.3 is 6.03 Å². The molecule has 0 saturated heterocycles. The molecule has 0 saturated carbocycles. The van der Waals surface area contributed by atoms with Crippen molar-refractivity contribution >= 4 is 17.6 Å². The summed E-state index contributed by atoms with van der Waals surface area (Å²) >= 11 is 0. The number of Topliss-reactive ketones (excluding diaryl/α,β-unsaturated/α-hetero) is 1. The van der Waals surface area contributed by atoms with Crippen molar-refractivity contribution in [3.05, 3.63) is 23.9 Å². The molecule has 0 aliphatic heterocycles. The van der Waals surface area contributed by atoms with Gasteiger partial charge in [0.15, 0.2) is 11.6 Å². The molecule has 0 aromatic carbocycles. The molecule has 4 N–H and O–H groups in total. The number of nitrogens with zero attached hydrogens (tertiary/aromatic N) is 1. The third-order valence-corrected chi connectivity index (χ3v) is 1.49. The number of rotatable bonds is 3. The van der Waals surface area contributed by atoms with E-state index in [1.54, 1.807) is 12.1 Å². The molecular formula is C8H10N4O2. The van der Waals surface area contributed by atoms with Gasteiger partial charge in [-0.1, -0.05) is 0 Å². The maximum Gasteiger partial charge on any atom is 0.330 e. The van der Waals surface area contributed by atoms with E-state index in [1.807, 2.05) is 0 Å². The van der Waals surface area contributed by atoms with Crippen LogP contribution in [0.25, 0.3) is 0 Å². The normalized spacial score (nSPS) is 9.21. The fourth-order valence-corrected chi connectivity index (χ4v) is 0.910. The summed E-state index contributed by atoms with van der Waals surface area (Å²) in [6.07, 6.45) is 1.50. The number of nitrogens with one attached hydrogen (secondary N) is 2. The molecule has 6 heteroatoms. The van der Waals surface area contributed by atoms with Crippen molar-refractivity contribution in [2.45, 2.75) is 6.92 Å². The van der Waals surface area contributed by atoms with Crippen molar-refractivity contribution in [1.29, 1.82) is 0 Å². The molecule has 74 valence electrons. The highest BCUT2D eigenvalue weighted by atomic mass is 16.2. The topological polar surface area (TPSA) is 97.1 Å². The molecule has 1 aromatic rings. The summed E-state index contributed by atoms with van der Waals surface area (Å²) in [5.74, 6) is 0.130. The van der Waals surface area contributed by atoms with Crippen LogP contribution in [0.2, 0.25) is 0 Å². The lowest BCUT2D eigenvalue weighted by Crippen LogP contribution is -2.35. The van der Waals surface area contributed by atoms with E-state index in [0.29, 0.717) is 5.56 Å². The maximum atomic E-state index is 11.1. The third kappa shape index (κ3) is 2.44. The molecule has 0 aliphatic carbocycles. The molecule has 2 amide bonds. The number of hydrogen-bond acceptors (Lipinski definition) is 4. The van der Waals surface area contributed by atoms with Crippen molar-refractivity contribution in [2.75, 3.05) is 5.43 Å². The molecule has 0 fully saturated rings. The van der Waals surface area contributed by atoms with Crippen LogP contribution in [-0.4, -0.2) is 16.8 Å². The highest BCUT2D eigenvalue weighted by Crippen LogP contribution is 2.10. The van der Waals surface area contributed by atoms with Gasteiger partial charge in [0.2, 0.25) is 0 Å². The van der Waals surface area contributed by atoms with Crippen LogP contribution in [-0.2, 0) is 0 Å². The Kier molecular flexibility index (Phi) is 3.01. The van der Waals surface area contributed by atoms with Crippen LogP contribution in [0.4, 0.5) is 10.6 Å². The lowest BCUT2D eigenvalue weighted by molar-refractivity contribution is 0.101. The van der Waals surface area contributed by atoms with E-state index in [2.05, 4.69) is 15.8 Å². The van der Waals surface area contributed by atoms with E-state index in [-0.39, 0.29) is 11.6 Å². The number of nitrogens with two attached hydrogens (primary N) is 1. The highest BCUT2D eigenvalue weighted by Gasteiger charge is 2.06. The van der Waals surface area contributed by atoms with Gasteiger partial charge in [0.25, 0.3) is 0 Å². The number of hydrogen-bond donors (Lipinski definition) is 3. The van der Waals surface area contributed by atoms with Crippen LogP contribution >= 0.6 is 0 Å². The predicted octanol–water partition coefficient (Wildman–Crippen LogP) is 0.279. The van der Waals surface area contributed by atoms with Crippen molar-refractivity contribution in [3.8, 4) is 0 Å². The first kappa shape index (κ1) is 9.97. The zero-order valence-electron chi connectivity index (χ0n) is 7.57. The van der Waals surface area contributed by atoms with Gasteiger partial charge < -0.3 is 5.73 Å². The van der Waals surface area contributed by atoms with E-state index in [9.17, 15) is 9.59 Å². The summed E-state index contributed by atoms with van der Waals surface area (Å²) in [4.78, 5) is 25.3. The number of carbonyl (C=O) groups excluding carboxylic acids is 2. The Labute approximate surface area is 80.5 Å². The minimum atomic E-state index is -0.745. The van der Waals surface area contributed by atoms with Crippen molar-refractivity contribution in [2.24, 2.45) is 5.73 Å². The van der Waals surface area contributed by atoms with Crippen LogP contribution < -0.4 is 16.6 Å². The smallest absolute Gasteiger partial charge is 0.330 e. The number of carbonyl (C=O) groups is 2. The van der Waals surface area contributed by atoms with Gasteiger partial charge in [-0.05, 0) is 19.1 Å². The van der Waals surface area contributed by atoms with Gasteiger partial charge in [-0.3, -0.25) is 15.6 Å². The molecule has 1 rings (SSSR count). The van der Waals surface area contributed by atoms with Crippen LogP contribution in [0.15, 0.2) is 18.3 Å². The molecule has 6 nitrogen and oxygen atoms in total. The lowest BCUT2D eigenvalue weighted by Gasteiger charge is -2.07. The first-order valence-electron chi connectivity index (χ1n) is 3.88. The predicted molar refractivity (Wildman–Crippen MR) is 50.6 cm³/mol. The summed E-state index contributed by atoms with van der Waals surface area (Å²) in [6.45, 7) is 1.41. The highest BCUT2D eigenvalue weighted by molar-refractivity contribution is 5.98. The monoisotopic (exact) mass is 194 g/mol. The van der Waals surface area contributed by atoms with Gasteiger partial charge in [0.05, 0.1) is 5.56 Å². The van der Waals surface area contributed by atoms with Crippen LogP contribution in [0.1, 0.15) is 17.3 Å². The number of urea groups is 1. The van der Waals surface area contributed by atoms with Crippen LogP contribution in [0, 0.1) is 0 Å². The minimum absolute atomic E-state index is 0.146. The molecule has 1 heterocycles. The first-order chi connectivity index (χ1) is 6.61. The summed E-state index contributed by atoms with van der Waals surface area (Å²) in [5, 5.41) is 0. The fraction of sp³-hybridized carbons (Fsp3) is 0.125. The van der Waals surface area contributed by atoms with Gasteiger partial charge in [0, 0.05) is 6.20 Å². The van der Waals surface area contributed by atoms with Gasteiger partial charge in [-0.2, -0.15) is 0 Å². The van der Waals surface area contributed by atoms with E-state index < -0.39 is 6.03 Å². The number of ketones is 1. The average Bonchev–Trinajstić information content (AvgIpc) is 2.15. The summed E-state index contributed by atoms with van der Waals surface area (Å²) in [5.41, 5.74) is 9.80. The third-order valence-electron chi connectivity index (χ3n) is 1.49. The van der Waals surface area contributed by atoms with Gasteiger partial charge in [0.1, 0.15) is 0 Å². The van der Waals surface area contributed by atoms with Crippen LogP contribution in [0.3, 0.4) is 0 Å². The molecule has 14 heavy (non-hydrogen) atoms. The number of amides is 2. The Morgan fingerprint density at radius 2 is 2.21 bits per heavy atom. The van der Waals surface area contributed by atoms with Crippen molar-refractivity contribution in [1.82, 2.24) is 10.4 Å². The molecule has 0 bridgehead atoms. The lowest BCUT2D eigenvalue weighted by atomic mass is 10.2. The summed E-state index contributed by atoms with van der Waals surface area (Å²) in [6, 6.07) is 2.48. The Bertz CT molecular complexity index is 364. The second-order valence-electron chi connectivity index (χ2n) is 2.57. The largest absolute Gasteiger partial charge is 0.350 e. The molecule has 0 aliphatic rings. The SMILES string of the molecule is CC(=O)c1cccnc1NNC(N)=O. The van der Waals surface area contributed by atoms with E-state index >= 15 is 0 Å². The Hall–Kier alpha value is -2.11. The zero-order valence-corrected chi connectivity index (χ0v) is 7.57. The molecule has 0 spiro atoms. The van der Waals surface area contributed by atoms with E-state index in [4.69, 9.17) is 5.73 Å². The zero-order chi connectivity index (χ0) is 10.6. The first-order valence-corrected chi connectivity index (χ1v) is 3.88. The van der Waals surface area contributed by atoms with Crippen LogP contribution in [0.5, 0.6) is 0 Å². The number of primary amides is 1. The van der Waals surface area contributed by atoms with Crippen molar-refractivity contribution in [3.63, 3.8) is 0 Å². The number of anilines is 1. The van der Waals surface area contributed by atoms with Crippen molar-refractivity contribution < 1.29 is 9.59 Å². The maximum absolute atomic E-state index is 11.1. The standard InChI is InChI=1S/C8H10N4O2/c1-5(13)6-3-2-4-10-7(6)11-12-8(9)14/h2-4H,1H3,(H,10,11)(H3,9,12,14). The molecule has 0 radical (unpaired) electrons. The van der Waals surface area contributed by atoms with E-state index in [1.165, 1.54) is 13.1 Å². The quantitative estimate of drug-likeness (QED) is 0.475. The second-order valence-corrected chi connectivity index (χ2v) is 2.57. The Morgan fingerprint density at radius 1 is 1.50 bits per heavy atom. The summed E-state index contributed by atoms with van der Waals surface area (Å²) in [7, 11) is 0. The average molecular weight is 194 g/mol. The number of pyridine rings is 1. The Morgan fingerprint density at radius 3 is 2.79 bits per heavy atom. The molecule has 1 aromatic heterocycles. The van der Waals surface area contributed by atoms with E-state index in [0.717, 1.165) is 0 Å².